The van der Waals surface area contributed by atoms with Gasteiger partial charge < -0.3 is 9.64 Å². The molecule has 2 aromatic carbocycles. The van der Waals surface area contributed by atoms with Crippen LogP contribution in [-0.4, -0.2) is 57.5 Å². The first kappa shape index (κ1) is 20.6. The van der Waals surface area contributed by atoms with Crippen LogP contribution in [0.2, 0.25) is 0 Å². The molecule has 1 heterocycles. The zero-order valence-corrected chi connectivity index (χ0v) is 17.0. The summed E-state index contributed by atoms with van der Waals surface area (Å²) in [5, 5.41) is 0. The van der Waals surface area contributed by atoms with E-state index >= 15 is 0 Å². The Morgan fingerprint density at radius 3 is 2.21 bits per heavy atom. The number of rotatable bonds is 7. The minimum absolute atomic E-state index is 0.265. The second-order valence-electron chi connectivity index (χ2n) is 7.21. The first-order valence-electron chi connectivity index (χ1n) is 9.63. The zero-order chi connectivity index (χ0) is 20.0. The molecule has 1 fully saturated rings. The molecule has 0 N–H and O–H groups in total. The van der Waals surface area contributed by atoms with Gasteiger partial charge in [-0.3, -0.25) is 4.79 Å². The number of methoxy groups -OCH3 is 1. The second-order valence-corrected chi connectivity index (χ2v) is 9.51. The lowest BCUT2D eigenvalue weighted by atomic mass is 9.90. The second kappa shape index (κ2) is 9.34. The standard InChI is InChI=1S/C22H27NO4S/c1-27-22(24)21(19-7-3-2-4-8-19)20-11-9-18(10-12-20)6-5-13-23-14-16-28(25,26)17-15-23/h2-4,7-12,21H,5-6,13-17H2,1H3. The Kier molecular flexibility index (Phi) is 6.86. The molecule has 1 unspecified atom stereocenters. The topological polar surface area (TPSA) is 63.7 Å². The van der Waals surface area contributed by atoms with Crippen molar-refractivity contribution in [1.82, 2.24) is 4.90 Å². The molecule has 28 heavy (non-hydrogen) atoms. The molecule has 6 heteroatoms. The fourth-order valence-electron chi connectivity index (χ4n) is 3.59. The first-order chi connectivity index (χ1) is 13.5. The van der Waals surface area contributed by atoms with Crippen molar-refractivity contribution in [3.8, 4) is 0 Å². The van der Waals surface area contributed by atoms with E-state index in [0.717, 1.165) is 30.5 Å². The fraction of sp³-hybridized carbons (Fsp3) is 0.409. The van der Waals surface area contributed by atoms with Gasteiger partial charge in [0.05, 0.1) is 18.6 Å². The van der Waals surface area contributed by atoms with Crippen LogP contribution in [-0.2, 0) is 25.8 Å². The van der Waals surface area contributed by atoms with Crippen LogP contribution in [0.5, 0.6) is 0 Å². The number of hydrogen-bond donors (Lipinski definition) is 0. The Labute approximate surface area is 167 Å². The molecule has 2 aromatic rings. The number of benzene rings is 2. The van der Waals surface area contributed by atoms with Crippen molar-refractivity contribution in [2.24, 2.45) is 0 Å². The Hall–Kier alpha value is -2.18. The van der Waals surface area contributed by atoms with Crippen molar-refractivity contribution in [1.29, 1.82) is 0 Å². The Morgan fingerprint density at radius 1 is 1.00 bits per heavy atom. The average molecular weight is 402 g/mol. The van der Waals surface area contributed by atoms with E-state index in [1.807, 2.05) is 42.5 Å². The lowest BCUT2D eigenvalue weighted by Crippen LogP contribution is -2.40. The van der Waals surface area contributed by atoms with Gasteiger partial charge in [0.15, 0.2) is 9.84 Å². The van der Waals surface area contributed by atoms with Crippen LogP contribution in [0.1, 0.15) is 29.0 Å². The summed E-state index contributed by atoms with van der Waals surface area (Å²) in [7, 11) is -1.40. The van der Waals surface area contributed by atoms with E-state index in [1.54, 1.807) is 0 Å². The molecule has 0 aromatic heterocycles. The van der Waals surface area contributed by atoms with Crippen LogP contribution in [0.15, 0.2) is 54.6 Å². The predicted octanol–water partition coefficient (Wildman–Crippen LogP) is 2.65. The van der Waals surface area contributed by atoms with Crippen molar-refractivity contribution in [2.45, 2.75) is 18.8 Å². The van der Waals surface area contributed by atoms with Crippen LogP contribution in [0.3, 0.4) is 0 Å². The number of nitrogens with zero attached hydrogens (tertiary/aromatic N) is 1. The van der Waals surface area contributed by atoms with Crippen LogP contribution < -0.4 is 0 Å². The maximum Gasteiger partial charge on any atom is 0.317 e. The molecule has 0 radical (unpaired) electrons. The molecule has 0 saturated carbocycles. The Bertz CT molecular complexity index is 865. The van der Waals surface area contributed by atoms with E-state index in [4.69, 9.17) is 4.74 Å². The number of hydrogen-bond acceptors (Lipinski definition) is 5. The van der Waals surface area contributed by atoms with Gasteiger partial charge >= 0.3 is 5.97 Å². The molecular weight excluding hydrogens is 374 g/mol. The van der Waals surface area contributed by atoms with E-state index in [2.05, 4.69) is 17.0 Å². The van der Waals surface area contributed by atoms with E-state index in [9.17, 15) is 13.2 Å². The maximum atomic E-state index is 12.3. The van der Waals surface area contributed by atoms with Gasteiger partial charge in [0.2, 0.25) is 0 Å². The van der Waals surface area contributed by atoms with Gasteiger partial charge in [0.1, 0.15) is 5.92 Å². The van der Waals surface area contributed by atoms with Gasteiger partial charge in [-0.1, -0.05) is 54.6 Å². The molecule has 1 atom stereocenters. The average Bonchev–Trinajstić information content (AvgIpc) is 2.71. The third-order valence-electron chi connectivity index (χ3n) is 5.26. The number of aryl methyl sites for hydroxylation is 1. The molecule has 1 saturated heterocycles. The SMILES string of the molecule is COC(=O)C(c1ccccc1)c1ccc(CCCN2CCS(=O)(=O)CC2)cc1. The fourth-order valence-corrected chi connectivity index (χ4v) is 4.86. The van der Waals surface area contributed by atoms with Gasteiger partial charge in [-0.25, -0.2) is 8.42 Å². The van der Waals surface area contributed by atoms with Crippen molar-refractivity contribution in [3.63, 3.8) is 0 Å². The number of esters is 1. The van der Waals surface area contributed by atoms with Gasteiger partial charge in [-0.15, -0.1) is 0 Å². The van der Waals surface area contributed by atoms with Crippen molar-refractivity contribution in [2.75, 3.05) is 38.2 Å². The molecule has 5 nitrogen and oxygen atoms in total. The highest BCUT2D eigenvalue weighted by molar-refractivity contribution is 7.91. The molecule has 0 aliphatic carbocycles. The third-order valence-corrected chi connectivity index (χ3v) is 6.87. The highest BCUT2D eigenvalue weighted by Gasteiger charge is 2.23. The molecule has 1 aliphatic rings. The molecule has 1 aliphatic heterocycles. The molecule has 0 bridgehead atoms. The van der Waals surface area contributed by atoms with E-state index in [1.165, 1.54) is 12.7 Å². The lowest BCUT2D eigenvalue weighted by Gasteiger charge is -2.26. The highest BCUT2D eigenvalue weighted by Crippen LogP contribution is 2.26. The van der Waals surface area contributed by atoms with Gasteiger partial charge in [0.25, 0.3) is 0 Å². The Morgan fingerprint density at radius 2 is 1.61 bits per heavy atom. The smallest absolute Gasteiger partial charge is 0.317 e. The lowest BCUT2D eigenvalue weighted by molar-refractivity contribution is -0.141. The normalized spacial score (nSPS) is 17.8. The molecule has 150 valence electrons. The minimum Gasteiger partial charge on any atom is -0.468 e. The van der Waals surface area contributed by atoms with Crippen molar-refractivity contribution >= 4 is 15.8 Å². The van der Waals surface area contributed by atoms with Crippen LogP contribution in [0, 0.1) is 0 Å². The number of sulfone groups is 1. The van der Waals surface area contributed by atoms with Crippen LogP contribution >= 0.6 is 0 Å². The summed E-state index contributed by atoms with van der Waals surface area (Å²) in [6, 6.07) is 17.8. The molecule has 0 spiro atoms. The van der Waals surface area contributed by atoms with Crippen LogP contribution in [0.25, 0.3) is 0 Å². The third kappa shape index (κ3) is 5.42. The number of carbonyl (C=O) groups excluding carboxylic acids is 1. The van der Waals surface area contributed by atoms with Gasteiger partial charge in [-0.2, -0.15) is 0 Å². The molecule has 0 amide bonds. The summed E-state index contributed by atoms with van der Waals surface area (Å²) in [6.07, 6.45) is 1.91. The summed E-state index contributed by atoms with van der Waals surface area (Å²) >= 11 is 0. The minimum atomic E-state index is -2.82. The number of carbonyl (C=O) groups is 1. The monoisotopic (exact) mass is 401 g/mol. The van der Waals surface area contributed by atoms with Crippen molar-refractivity contribution < 1.29 is 17.9 Å². The quantitative estimate of drug-likeness (QED) is 0.668. The molecular formula is C22H27NO4S. The highest BCUT2D eigenvalue weighted by atomic mass is 32.2. The van der Waals surface area contributed by atoms with Crippen LogP contribution in [0.4, 0.5) is 0 Å². The summed E-state index contributed by atoms with van der Waals surface area (Å²) < 4.78 is 28.0. The summed E-state index contributed by atoms with van der Waals surface area (Å²) in [5.41, 5.74) is 3.05. The zero-order valence-electron chi connectivity index (χ0n) is 16.2. The largest absolute Gasteiger partial charge is 0.468 e. The van der Waals surface area contributed by atoms with E-state index in [0.29, 0.717) is 13.1 Å². The number of ether oxygens (including phenoxy) is 1. The van der Waals surface area contributed by atoms with E-state index in [-0.39, 0.29) is 17.5 Å². The van der Waals surface area contributed by atoms with Gasteiger partial charge in [-0.05, 0) is 36.1 Å². The van der Waals surface area contributed by atoms with Crippen molar-refractivity contribution in [3.05, 3.63) is 71.3 Å². The first-order valence-corrected chi connectivity index (χ1v) is 11.4. The van der Waals surface area contributed by atoms with Gasteiger partial charge in [0, 0.05) is 13.1 Å². The molecule has 3 rings (SSSR count). The van der Waals surface area contributed by atoms with E-state index < -0.39 is 15.8 Å². The summed E-state index contributed by atoms with van der Waals surface area (Å²) in [6.45, 7) is 2.18. The Balaban J connectivity index is 1.58. The predicted molar refractivity (Wildman–Crippen MR) is 110 cm³/mol. The maximum absolute atomic E-state index is 12.3. The summed E-state index contributed by atoms with van der Waals surface area (Å²) in [4.78, 5) is 14.5. The summed E-state index contributed by atoms with van der Waals surface area (Å²) in [5.74, 6) is -0.138.